The number of rotatable bonds is 4. The number of piperidine rings is 1. The molecule has 0 saturated carbocycles. The summed E-state index contributed by atoms with van der Waals surface area (Å²) in [6, 6.07) is 9.29. The molecule has 37 heavy (non-hydrogen) atoms. The Kier molecular flexibility index (Phi) is 7.90. The molecule has 9 heteroatoms. The first-order chi connectivity index (χ1) is 17.9. The van der Waals surface area contributed by atoms with Crippen LogP contribution in [0.15, 0.2) is 36.5 Å². The largest absolute Gasteiger partial charge is 0.381 e. The van der Waals surface area contributed by atoms with Gasteiger partial charge >= 0.3 is 0 Å². The van der Waals surface area contributed by atoms with Crippen molar-refractivity contribution in [3.63, 3.8) is 0 Å². The Labute approximate surface area is 219 Å². The third-order valence-corrected chi connectivity index (χ3v) is 8.47. The number of hydrogen-bond donors (Lipinski definition) is 2. The number of carbonyl (C=O) groups excluding carboxylic acids is 2. The van der Waals surface area contributed by atoms with E-state index in [1.807, 2.05) is 41.2 Å². The number of carbonyl (C=O) groups is 2. The summed E-state index contributed by atoms with van der Waals surface area (Å²) >= 11 is 0. The molecule has 1 atom stereocenters. The number of nitrogens with one attached hydrogen (secondary N) is 2. The van der Waals surface area contributed by atoms with Crippen molar-refractivity contribution in [1.82, 2.24) is 30.5 Å². The molecule has 2 aromatic rings. The number of ether oxygens (including phenoxy) is 1. The Morgan fingerprint density at radius 3 is 2.57 bits per heavy atom. The van der Waals surface area contributed by atoms with E-state index in [0.717, 1.165) is 76.2 Å². The standard InChI is InChI=1S/C28H40N6O3/c1-27(10-16-37-17-11-27)21-33-14-8-28(9-15-33)19-23-20-34(32-31-23)13-5-12-29-25(35)24(30-26(28)36)18-22-6-3-2-4-7-22/h2-4,6-7,20,24H,5,8-19,21H2,1H3,(H,29,35)(H,30,36)/t24-/m0/s1. The Morgan fingerprint density at radius 2 is 1.81 bits per heavy atom. The minimum absolute atomic E-state index is 0.0469. The summed E-state index contributed by atoms with van der Waals surface area (Å²) in [6.07, 6.45) is 7.35. The van der Waals surface area contributed by atoms with E-state index in [1.54, 1.807) is 0 Å². The summed E-state index contributed by atoms with van der Waals surface area (Å²) in [7, 11) is 0. The zero-order valence-electron chi connectivity index (χ0n) is 22.0. The number of amides is 2. The smallest absolute Gasteiger partial charge is 0.242 e. The number of aromatic nitrogens is 3. The first-order valence-electron chi connectivity index (χ1n) is 13.7. The lowest BCUT2D eigenvalue weighted by molar-refractivity contribution is -0.138. The maximum Gasteiger partial charge on any atom is 0.242 e. The molecule has 4 heterocycles. The molecule has 2 bridgehead atoms. The monoisotopic (exact) mass is 508 g/mol. The average molecular weight is 509 g/mol. The Bertz CT molecular complexity index is 1060. The third kappa shape index (κ3) is 6.38. The maximum absolute atomic E-state index is 14.0. The second-order valence-corrected chi connectivity index (χ2v) is 11.5. The van der Waals surface area contributed by atoms with E-state index in [9.17, 15) is 9.59 Å². The fraction of sp³-hybridized carbons (Fsp3) is 0.643. The van der Waals surface area contributed by atoms with Crippen LogP contribution in [-0.4, -0.2) is 77.1 Å². The van der Waals surface area contributed by atoms with Crippen molar-refractivity contribution < 1.29 is 14.3 Å². The number of nitrogens with zero attached hydrogens (tertiary/aromatic N) is 4. The molecule has 3 aliphatic heterocycles. The van der Waals surface area contributed by atoms with Crippen molar-refractivity contribution in [2.45, 2.75) is 64.5 Å². The second kappa shape index (κ2) is 11.3. The lowest BCUT2D eigenvalue weighted by Gasteiger charge is -2.44. The van der Waals surface area contributed by atoms with Crippen LogP contribution >= 0.6 is 0 Å². The van der Waals surface area contributed by atoms with Gasteiger partial charge in [-0.05, 0) is 56.2 Å². The fourth-order valence-corrected chi connectivity index (χ4v) is 6.01. The lowest BCUT2D eigenvalue weighted by Crippen LogP contribution is -2.56. The van der Waals surface area contributed by atoms with Crippen LogP contribution in [0.1, 0.15) is 50.3 Å². The summed E-state index contributed by atoms with van der Waals surface area (Å²) in [5, 5.41) is 14.9. The molecule has 5 rings (SSSR count). The van der Waals surface area contributed by atoms with Crippen LogP contribution in [0.3, 0.4) is 0 Å². The molecule has 2 amide bonds. The summed E-state index contributed by atoms with van der Waals surface area (Å²) in [6.45, 7) is 7.97. The van der Waals surface area contributed by atoms with Crippen LogP contribution < -0.4 is 10.6 Å². The maximum atomic E-state index is 14.0. The zero-order chi connectivity index (χ0) is 25.7. The van der Waals surface area contributed by atoms with E-state index < -0.39 is 11.5 Å². The minimum Gasteiger partial charge on any atom is -0.381 e. The Balaban J connectivity index is 1.35. The molecular weight excluding hydrogens is 468 g/mol. The average Bonchev–Trinajstić information content (AvgIpc) is 3.34. The van der Waals surface area contributed by atoms with E-state index in [-0.39, 0.29) is 17.2 Å². The topological polar surface area (TPSA) is 101 Å². The van der Waals surface area contributed by atoms with Crippen molar-refractivity contribution in [2.24, 2.45) is 10.8 Å². The molecule has 1 aromatic heterocycles. The normalized spacial score (nSPS) is 24.8. The summed E-state index contributed by atoms with van der Waals surface area (Å²) in [5.41, 5.74) is 1.52. The van der Waals surface area contributed by atoms with Crippen LogP contribution in [0.4, 0.5) is 0 Å². The summed E-state index contributed by atoms with van der Waals surface area (Å²) in [5.74, 6) is -0.177. The first kappa shape index (κ1) is 25.9. The molecule has 200 valence electrons. The van der Waals surface area contributed by atoms with Gasteiger partial charge in [0.25, 0.3) is 0 Å². The highest BCUT2D eigenvalue weighted by atomic mass is 16.5. The van der Waals surface area contributed by atoms with Crippen LogP contribution in [0, 0.1) is 10.8 Å². The van der Waals surface area contributed by atoms with Gasteiger partial charge in [-0.25, -0.2) is 0 Å². The SMILES string of the molecule is CC1(CN2CCC3(CC2)Cc2cn(nn2)CCCNC(=O)[C@H](Cc2ccccc2)NC3=O)CCOCC1. The first-order valence-corrected chi connectivity index (χ1v) is 13.7. The van der Waals surface area contributed by atoms with Crippen molar-refractivity contribution in [2.75, 3.05) is 39.4 Å². The molecule has 1 spiro atoms. The van der Waals surface area contributed by atoms with Gasteiger partial charge in [0.15, 0.2) is 0 Å². The van der Waals surface area contributed by atoms with E-state index in [2.05, 4.69) is 32.8 Å². The highest BCUT2D eigenvalue weighted by Gasteiger charge is 2.44. The highest BCUT2D eigenvalue weighted by molar-refractivity contribution is 5.90. The van der Waals surface area contributed by atoms with Crippen molar-refractivity contribution in [3.05, 3.63) is 47.8 Å². The summed E-state index contributed by atoms with van der Waals surface area (Å²) in [4.78, 5) is 29.7. The molecule has 9 nitrogen and oxygen atoms in total. The van der Waals surface area contributed by atoms with Crippen LogP contribution in [0.5, 0.6) is 0 Å². The predicted molar refractivity (Wildman–Crippen MR) is 140 cm³/mol. The molecule has 0 aliphatic carbocycles. The van der Waals surface area contributed by atoms with Gasteiger partial charge in [-0.1, -0.05) is 42.5 Å². The number of likely N-dealkylation sites (tertiary alicyclic amines) is 1. The van der Waals surface area contributed by atoms with Gasteiger partial charge in [-0.15, -0.1) is 5.10 Å². The Hall–Kier alpha value is -2.78. The lowest BCUT2D eigenvalue weighted by atomic mass is 9.73. The van der Waals surface area contributed by atoms with Crippen molar-refractivity contribution in [3.8, 4) is 0 Å². The van der Waals surface area contributed by atoms with E-state index >= 15 is 0 Å². The fourth-order valence-electron chi connectivity index (χ4n) is 6.01. The summed E-state index contributed by atoms with van der Waals surface area (Å²) < 4.78 is 7.42. The van der Waals surface area contributed by atoms with Crippen molar-refractivity contribution >= 4 is 11.8 Å². The quantitative estimate of drug-likeness (QED) is 0.655. The molecule has 2 saturated heterocycles. The van der Waals surface area contributed by atoms with E-state index in [1.165, 1.54) is 0 Å². The molecule has 0 radical (unpaired) electrons. The van der Waals surface area contributed by atoms with Crippen molar-refractivity contribution in [1.29, 1.82) is 0 Å². The van der Waals surface area contributed by atoms with Gasteiger partial charge in [0.1, 0.15) is 6.04 Å². The number of benzene rings is 1. The molecule has 2 N–H and O–H groups in total. The predicted octanol–water partition coefficient (Wildman–Crippen LogP) is 1.97. The van der Waals surface area contributed by atoms with Gasteiger partial charge in [0.2, 0.25) is 11.8 Å². The van der Waals surface area contributed by atoms with Crippen LogP contribution in [-0.2, 0) is 33.7 Å². The van der Waals surface area contributed by atoms with Gasteiger partial charge < -0.3 is 20.3 Å². The minimum atomic E-state index is -0.614. The molecular formula is C28H40N6O3. The molecule has 0 unspecified atom stereocenters. The van der Waals surface area contributed by atoms with Gasteiger partial charge in [-0.3, -0.25) is 14.3 Å². The zero-order valence-corrected chi connectivity index (χ0v) is 22.0. The Morgan fingerprint density at radius 1 is 1.05 bits per heavy atom. The van der Waals surface area contributed by atoms with Crippen LogP contribution in [0.2, 0.25) is 0 Å². The number of aryl methyl sites for hydroxylation is 1. The second-order valence-electron chi connectivity index (χ2n) is 11.5. The highest BCUT2D eigenvalue weighted by Crippen LogP contribution is 2.38. The third-order valence-electron chi connectivity index (χ3n) is 8.47. The number of fused-ring (bicyclic) bond motifs is 2. The molecule has 2 fully saturated rings. The molecule has 1 aromatic carbocycles. The van der Waals surface area contributed by atoms with Gasteiger partial charge in [0.05, 0.1) is 11.1 Å². The van der Waals surface area contributed by atoms with E-state index in [0.29, 0.717) is 25.9 Å². The number of hydrogen-bond acceptors (Lipinski definition) is 6. The molecule has 3 aliphatic rings. The van der Waals surface area contributed by atoms with E-state index in [4.69, 9.17) is 4.74 Å². The van der Waals surface area contributed by atoms with Gasteiger partial charge in [0, 0.05) is 51.9 Å². The van der Waals surface area contributed by atoms with Gasteiger partial charge in [-0.2, -0.15) is 0 Å². The van der Waals surface area contributed by atoms with Crippen LogP contribution in [0.25, 0.3) is 0 Å².